The van der Waals surface area contributed by atoms with Crippen molar-refractivity contribution in [1.29, 1.82) is 0 Å². The molecule has 1 heterocycles. The Bertz CT molecular complexity index is 1280. The number of rotatable bonds is 10. The van der Waals surface area contributed by atoms with Gasteiger partial charge in [-0.15, -0.1) is 0 Å². The Hall–Kier alpha value is -2.75. The Morgan fingerprint density at radius 3 is 2.50 bits per heavy atom. The minimum atomic E-state index is -3.57. The highest BCUT2D eigenvalue weighted by atomic mass is 32.2. The molecule has 0 bridgehead atoms. The number of para-hydroxylation sites is 1. The first-order valence-electron chi connectivity index (χ1n) is 11.6. The van der Waals surface area contributed by atoms with E-state index in [2.05, 4.69) is 28.8 Å². The average molecular weight is 500 g/mol. The number of fused-ring (bicyclic) bond motifs is 1. The zero-order valence-electron chi connectivity index (χ0n) is 20.2. The van der Waals surface area contributed by atoms with E-state index in [1.807, 2.05) is 55.9 Å². The molecule has 0 spiro atoms. The monoisotopic (exact) mass is 499 g/mol. The number of hydrogen-bond donors (Lipinski definition) is 2. The van der Waals surface area contributed by atoms with E-state index in [9.17, 15) is 8.42 Å². The van der Waals surface area contributed by atoms with Gasteiger partial charge in [0.1, 0.15) is 0 Å². The number of hydrazone groups is 1. The van der Waals surface area contributed by atoms with Crippen molar-refractivity contribution in [3.63, 3.8) is 0 Å². The average Bonchev–Trinajstić information content (AvgIpc) is 3.14. The van der Waals surface area contributed by atoms with Crippen LogP contribution in [0.1, 0.15) is 44.7 Å². The van der Waals surface area contributed by atoms with Crippen LogP contribution in [-0.2, 0) is 23.5 Å². The summed E-state index contributed by atoms with van der Waals surface area (Å²) in [5.74, 6) is 0. The first-order chi connectivity index (χ1) is 16.3. The van der Waals surface area contributed by atoms with E-state index < -0.39 is 10.0 Å². The molecule has 34 heavy (non-hydrogen) atoms. The predicted octanol–water partition coefficient (Wildman–Crippen LogP) is 4.87. The molecule has 3 rings (SSSR count). The Morgan fingerprint density at radius 2 is 1.82 bits per heavy atom. The summed E-state index contributed by atoms with van der Waals surface area (Å²) in [6, 6.07) is 13.2. The van der Waals surface area contributed by atoms with Gasteiger partial charge in [0.05, 0.1) is 11.1 Å². The first-order valence-corrected chi connectivity index (χ1v) is 13.4. The molecule has 1 aromatic heterocycles. The molecule has 182 valence electrons. The van der Waals surface area contributed by atoms with Crippen LogP contribution in [0.25, 0.3) is 10.9 Å². The molecule has 3 aromatic rings. The van der Waals surface area contributed by atoms with Gasteiger partial charge in [-0.3, -0.25) is 5.43 Å². The third kappa shape index (κ3) is 5.84. The number of benzene rings is 2. The molecular weight excluding hydrogens is 466 g/mol. The quantitative estimate of drug-likeness (QED) is 0.236. The molecule has 0 unspecified atom stereocenters. The van der Waals surface area contributed by atoms with E-state index in [0.717, 1.165) is 41.4 Å². The molecule has 2 N–H and O–H groups in total. The van der Waals surface area contributed by atoms with Gasteiger partial charge >= 0.3 is 0 Å². The Morgan fingerprint density at radius 1 is 1.12 bits per heavy atom. The molecule has 0 fully saturated rings. The summed E-state index contributed by atoms with van der Waals surface area (Å²) in [7, 11) is -1.64. The van der Waals surface area contributed by atoms with Gasteiger partial charge in [-0.2, -0.15) is 9.41 Å². The number of anilines is 1. The van der Waals surface area contributed by atoms with Gasteiger partial charge in [0.2, 0.25) is 10.0 Å². The van der Waals surface area contributed by atoms with Crippen LogP contribution in [0.15, 0.2) is 58.7 Å². The van der Waals surface area contributed by atoms with E-state index in [4.69, 9.17) is 12.2 Å². The summed E-state index contributed by atoms with van der Waals surface area (Å²) in [6.07, 6.45) is 6.02. The molecule has 2 aromatic carbocycles. The van der Waals surface area contributed by atoms with E-state index in [0.29, 0.717) is 23.1 Å². The third-order valence-corrected chi connectivity index (χ3v) is 7.68. The van der Waals surface area contributed by atoms with Gasteiger partial charge in [-0.1, -0.05) is 39.0 Å². The fourth-order valence-electron chi connectivity index (χ4n) is 3.93. The lowest BCUT2D eigenvalue weighted by Gasteiger charge is -2.21. The van der Waals surface area contributed by atoms with Crippen molar-refractivity contribution in [2.45, 2.75) is 44.9 Å². The minimum absolute atomic E-state index is 0.295. The van der Waals surface area contributed by atoms with Crippen molar-refractivity contribution in [3.05, 3.63) is 59.8 Å². The maximum atomic E-state index is 13.3. The van der Waals surface area contributed by atoms with Gasteiger partial charge in [0.15, 0.2) is 5.11 Å². The van der Waals surface area contributed by atoms with Gasteiger partial charge in [-0.25, -0.2) is 8.42 Å². The number of hydrogen-bond acceptors (Lipinski definition) is 4. The van der Waals surface area contributed by atoms with Crippen LogP contribution in [0.2, 0.25) is 0 Å². The summed E-state index contributed by atoms with van der Waals surface area (Å²) in [5, 5.41) is 8.66. The summed E-state index contributed by atoms with van der Waals surface area (Å²) in [6.45, 7) is 7.08. The van der Waals surface area contributed by atoms with E-state index in [1.165, 1.54) is 5.56 Å². The summed E-state index contributed by atoms with van der Waals surface area (Å²) >= 11 is 5.38. The molecule has 0 aliphatic heterocycles. The predicted molar refractivity (Wildman–Crippen MR) is 145 cm³/mol. The van der Waals surface area contributed by atoms with E-state index >= 15 is 0 Å². The SMILES string of the molecule is CCCN(CCC)S(=O)(=O)c1ccc2c(c1)c(/C=N\NC(=S)Nc1ccccc1CC)cn2C. The normalized spacial score (nSPS) is 12.0. The number of nitrogens with one attached hydrogen (secondary N) is 2. The maximum absolute atomic E-state index is 13.3. The van der Waals surface area contributed by atoms with Crippen molar-refractivity contribution < 1.29 is 8.42 Å². The first kappa shape index (κ1) is 25.9. The van der Waals surface area contributed by atoms with Crippen LogP contribution in [-0.4, -0.2) is 41.7 Å². The largest absolute Gasteiger partial charge is 0.350 e. The van der Waals surface area contributed by atoms with Gasteiger partial charge in [-0.05, 0) is 61.3 Å². The second-order valence-corrected chi connectivity index (χ2v) is 10.5. The van der Waals surface area contributed by atoms with E-state index in [-0.39, 0.29) is 0 Å². The zero-order chi connectivity index (χ0) is 24.7. The van der Waals surface area contributed by atoms with Crippen molar-refractivity contribution in [3.8, 4) is 0 Å². The van der Waals surface area contributed by atoms with Crippen molar-refractivity contribution in [2.24, 2.45) is 12.1 Å². The maximum Gasteiger partial charge on any atom is 0.243 e. The highest BCUT2D eigenvalue weighted by Crippen LogP contribution is 2.25. The van der Waals surface area contributed by atoms with Crippen LogP contribution >= 0.6 is 12.2 Å². The second kappa shape index (κ2) is 11.6. The third-order valence-electron chi connectivity index (χ3n) is 5.59. The topological polar surface area (TPSA) is 78.7 Å². The second-order valence-electron chi connectivity index (χ2n) is 8.11. The lowest BCUT2D eigenvalue weighted by molar-refractivity contribution is 0.410. The molecular formula is C25H33N5O2S2. The Kier molecular flexibility index (Phi) is 8.82. The van der Waals surface area contributed by atoms with E-state index in [1.54, 1.807) is 22.7 Å². The molecule has 0 saturated heterocycles. The molecule has 0 aliphatic carbocycles. The highest BCUT2D eigenvalue weighted by molar-refractivity contribution is 7.89. The van der Waals surface area contributed by atoms with Crippen LogP contribution in [0, 0.1) is 0 Å². The molecule has 7 nitrogen and oxygen atoms in total. The minimum Gasteiger partial charge on any atom is -0.350 e. The van der Waals surface area contributed by atoms with Crippen molar-refractivity contribution >= 4 is 50.2 Å². The summed E-state index contributed by atoms with van der Waals surface area (Å²) < 4.78 is 30.0. The zero-order valence-corrected chi connectivity index (χ0v) is 21.8. The number of nitrogens with zero attached hydrogens (tertiary/aromatic N) is 3. The Labute approximate surface area is 207 Å². The summed E-state index contributed by atoms with van der Waals surface area (Å²) in [4.78, 5) is 0.295. The lowest BCUT2D eigenvalue weighted by Crippen LogP contribution is -2.32. The van der Waals surface area contributed by atoms with Gasteiger partial charge in [0.25, 0.3) is 0 Å². The lowest BCUT2D eigenvalue weighted by atomic mass is 10.1. The number of aryl methyl sites for hydroxylation is 2. The number of aromatic nitrogens is 1. The molecule has 0 amide bonds. The molecule has 0 saturated carbocycles. The standard InChI is InChI=1S/C25H33N5O2S2/c1-5-14-30(15-6-2)34(31,32)21-12-13-24-22(16-21)20(18-29(24)4)17-26-28-25(33)27-23-11-9-8-10-19(23)7-3/h8-13,16-18H,5-7,14-15H2,1-4H3,(H2,27,28,33)/b26-17-. The molecule has 0 radical (unpaired) electrons. The van der Waals surface area contributed by atoms with Gasteiger partial charge in [0, 0.05) is 48.5 Å². The number of sulfonamides is 1. The number of thiocarbonyl (C=S) groups is 1. The van der Waals surface area contributed by atoms with Crippen LogP contribution in [0.4, 0.5) is 5.69 Å². The van der Waals surface area contributed by atoms with Crippen LogP contribution in [0.5, 0.6) is 0 Å². The fraction of sp³-hybridized carbons (Fsp3) is 0.360. The summed E-state index contributed by atoms with van der Waals surface area (Å²) in [5.41, 5.74) is 6.70. The van der Waals surface area contributed by atoms with Gasteiger partial charge < -0.3 is 9.88 Å². The van der Waals surface area contributed by atoms with Crippen LogP contribution in [0.3, 0.4) is 0 Å². The molecule has 0 aliphatic rings. The van der Waals surface area contributed by atoms with Crippen LogP contribution < -0.4 is 10.7 Å². The Balaban J connectivity index is 1.83. The van der Waals surface area contributed by atoms with Crippen molar-refractivity contribution in [1.82, 2.24) is 14.3 Å². The molecule has 0 atom stereocenters. The highest BCUT2D eigenvalue weighted by Gasteiger charge is 2.24. The fourth-order valence-corrected chi connectivity index (χ4v) is 5.74. The smallest absolute Gasteiger partial charge is 0.243 e. The van der Waals surface area contributed by atoms with Crippen molar-refractivity contribution in [2.75, 3.05) is 18.4 Å². The molecule has 9 heteroatoms.